The van der Waals surface area contributed by atoms with Crippen LogP contribution in [0.15, 0.2) is 10.6 Å². The minimum absolute atomic E-state index is 0.0380. The summed E-state index contributed by atoms with van der Waals surface area (Å²) in [6.45, 7) is 2.64. The Kier molecular flexibility index (Phi) is 3.12. The molecular weight excluding hydrogens is 222 g/mol. The normalized spacial score (nSPS) is 19.2. The highest BCUT2D eigenvalue weighted by Crippen LogP contribution is 2.13. The predicted molar refractivity (Wildman–Crippen MR) is 58.8 cm³/mol. The van der Waals surface area contributed by atoms with E-state index in [-0.39, 0.29) is 24.2 Å². The topological polar surface area (TPSA) is 75.4 Å². The van der Waals surface area contributed by atoms with E-state index >= 15 is 0 Å². The summed E-state index contributed by atoms with van der Waals surface area (Å²) in [5, 5.41) is 6.48. The third-order valence-electron chi connectivity index (χ3n) is 2.78. The Bertz CT molecular complexity index is 441. The van der Waals surface area contributed by atoms with Crippen LogP contribution in [0.5, 0.6) is 0 Å². The second-order valence-corrected chi connectivity index (χ2v) is 4.33. The van der Waals surface area contributed by atoms with Crippen LogP contribution in [0.2, 0.25) is 0 Å². The number of aromatic nitrogens is 1. The first-order valence-electron chi connectivity index (χ1n) is 5.50. The van der Waals surface area contributed by atoms with Crippen molar-refractivity contribution in [3.05, 3.63) is 17.5 Å². The third-order valence-corrected chi connectivity index (χ3v) is 2.78. The second kappa shape index (κ2) is 4.57. The number of carbonyl (C=O) groups excluding carboxylic acids is 2. The molecule has 92 valence electrons. The highest BCUT2D eigenvalue weighted by atomic mass is 16.5. The van der Waals surface area contributed by atoms with Gasteiger partial charge in [0, 0.05) is 26.1 Å². The molecule has 1 atom stereocenters. The monoisotopic (exact) mass is 237 g/mol. The van der Waals surface area contributed by atoms with E-state index < -0.39 is 0 Å². The lowest BCUT2D eigenvalue weighted by Gasteiger charge is -2.18. The van der Waals surface area contributed by atoms with Gasteiger partial charge in [-0.1, -0.05) is 5.16 Å². The molecule has 0 spiro atoms. The minimum Gasteiger partial charge on any atom is -0.361 e. The smallest absolute Gasteiger partial charge is 0.228 e. The van der Waals surface area contributed by atoms with Crippen molar-refractivity contribution in [2.75, 3.05) is 13.6 Å². The van der Waals surface area contributed by atoms with Gasteiger partial charge in [-0.15, -0.1) is 0 Å². The van der Waals surface area contributed by atoms with Crippen molar-refractivity contribution >= 4 is 11.8 Å². The zero-order valence-electron chi connectivity index (χ0n) is 9.90. The minimum atomic E-state index is -0.250. The van der Waals surface area contributed by atoms with Crippen LogP contribution >= 0.6 is 0 Å². The fourth-order valence-corrected chi connectivity index (χ4v) is 1.90. The first kappa shape index (κ1) is 11.6. The van der Waals surface area contributed by atoms with Gasteiger partial charge < -0.3 is 14.7 Å². The van der Waals surface area contributed by atoms with Crippen molar-refractivity contribution in [3.8, 4) is 0 Å². The molecule has 1 N–H and O–H groups in total. The van der Waals surface area contributed by atoms with E-state index in [4.69, 9.17) is 4.52 Å². The maximum Gasteiger partial charge on any atom is 0.228 e. The molecule has 0 aromatic carbocycles. The molecule has 0 saturated carbocycles. The van der Waals surface area contributed by atoms with E-state index in [1.807, 2.05) is 0 Å². The van der Waals surface area contributed by atoms with Crippen molar-refractivity contribution < 1.29 is 14.1 Å². The highest BCUT2D eigenvalue weighted by Gasteiger charge is 2.30. The Hall–Kier alpha value is -1.85. The lowest BCUT2D eigenvalue weighted by atomic mass is 10.1. The number of rotatable bonds is 3. The molecule has 6 heteroatoms. The van der Waals surface area contributed by atoms with Crippen LogP contribution in [0.4, 0.5) is 0 Å². The van der Waals surface area contributed by atoms with E-state index in [1.54, 1.807) is 24.9 Å². The number of aryl methyl sites for hydroxylation is 1. The Balaban J connectivity index is 1.93. The summed E-state index contributed by atoms with van der Waals surface area (Å²) >= 11 is 0. The van der Waals surface area contributed by atoms with Gasteiger partial charge in [0.05, 0.1) is 12.5 Å². The molecule has 1 fully saturated rings. The molecule has 0 radical (unpaired) electrons. The summed E-state index contributed by atoms with van der Waals surface area (Å²) in [6, 6.07) is 1.79. The molecule has 0 bridgehead atoms. The summed E-state index contributed by atoms with van der Waals surface area (Å²) in [4.78, 5) is 24.6. The standard InChI is InChI=1S/C11H15N3O3/c1-7-3-9(13-17-7)6-14(2)11(16)8-4-10(15)12-5-8/h3,8H,4-6H2,1-2H3,(H,12,15). The van der Waals surface area contributed by atoms with Gasteiger partial charge in [-0.05, 0) is 6.92 Å². The first-order valence-corrected chi connectivity index (χ1v) is 5.50. The molecule has 1 aliphatic rings. The van der Waals surface area contributed by atoms with Gasteiger partial charge in [-0.2, -0.15) is 0 Å². The molecule has 1 unspecified atom stereocenters. The van der Waals surface area contributed by atoms with Crippen LogP contribution in [0.1, 0.15) is 17.9 Å². The first-order chi connectivity index (χ1) is 8.06. The molecule has 1 aliphatic heterocycles. The average molecular weight is 237 g/mol. The van der Waals surface area contributed by atoms with Crippen LogP contribution in [-0.2, 0) is 16.1 Å². The SMILES string of the molecule is Cc1cc(CN(C)C(=O)C2CNC(=O)C2)no1. The van der Waals surface area contributed by atoms with Gasteiger partial charge >= 0.3 is 0 Å². The summed E-state index contributed by atoms with van der Waals surface area (Å²) in [5.41, 5.74) is 0.718. The van der Waals surface area contributed by atoms with E-state index in [1.165, 1.54) is 0 Å². The van der Waals surface area contributed by atoms with E-state index in [2.05, 4.69) is 10.5 Å². The predicted octanol–water partition coefficient (Wildman–Crippen LogP) is 0.0775. The van der Waals surface area contributed by atoms with Crippen molar-refractivity contribution in [2.24, 2.45) is 5.92 Å². The zero-order valence-corrected chi connectivity index (χ0v) is 9.90. The average Bonchev–Trinajstić information content (AvgIpc) is 2.87. The van der Waals surface area contributed by atoms with Crippen LogP contribution in [0.25, 0.3) is 0 Å². The largest absolute Gasteiger partial charge is 0.361 e. The van der Waals surface area contributed by atoms with E-state index in [9.17, 15) is 9.59 Å². The Morgan fingerprint density at radius 1 is 1.71 bits per heavy atom. The second-order valence-electron chi connectivity index (χ2n) is 4.33. The van der Waals surface area contributed by atoms with Crippen molar-refractivity contribution in [1.82, 2.24) is 15.4 Å². The lowest BCUT2D eigenvalue weighted by Crippen LogP contribution is -2.33. The Morgan fingerprint density at radius 2 is 2.47 bits per heavy atom. The Labute approximate surface area is 98.9 Å². The number of amides is 2. The van der Waals surface area contributed by atoms with E-state index in [0.29, 0.717) is 13.1 Å². The van der Waals surface area contributed by atoms with Gasteiger partial charge in [0.1, 0.15) is 11.5 Å². The van der Waals surface area contributed by atoms with Crippen molar-refractivity contribution in [1.29, 1.82) is 0 Å². The number of hydrogen-bond donors (Lipinski definition) is 1. The number of nitrogens with zero attached hydrogens (tertiary/aromatic N) is 2. The van der Waals surface area contributed by atoms with Crippen LogP contribution in [0, 0.1) is 12.8 Å². The van der Waals surface area contributed by atoms with Gasteiger partial charge in [-0.25, -0.2) is 0 Å². The van der Waals surface area contributed by atoms with Crippen molar-refractivity contribution in [3.63, 3.8) is 0 Å². The van der Waals surface area contributed by atoms with Gasteiger partial charge in [0.25, 0.3) is 0 Å². The fraction of sp³-hybridized carbons (Fsp3) is 0.545. The number of hydrogen-bond acceptors (Lipinski definition) is 4. The summed E-state index contributed by atoms with van der Waals surface area (Å²) in [6.07, 6.45) is 0.279. The molecule has 1 saturated heterocycles. The van der Waals surface area contributed by atoms with Crippen LogP contribution in [-0.4, -0.2) is 35.5 Å². The molecule has 6 nitrogen and oxygen atoms in total. The lowest BCUT2D eigenvalue weighted by molar-refractivity contribution is -0.135. The fourth-order valence-electron chi connectivity index (χ4n) is 1.90. The highest BCUT2D eigenvalue weighted by molar-refractivity contribution is 5.89. The summed E-state index contributed by atoms with van der Waals surface area (Å²) in [7, 11) is 1.70. The number of nitrogens with one attached hydrogen (secondary N) is 1. The number of carbonyl (C=O) groups is 2. The summed E-state index contributed by atoms with van der Waals surface area (Å²) < 4.78 is 4.93. The van der Waals surface area contributed by atoms with Crippen molar-refractivity contribution in [2.45, 2.75) is 19.9 Å². The quantitative estimate of drug-likeness (QED) is 0.807. The zero-order chi connectivity index (χ0) is 12.4. The molecule has 1 aromatic heterocycles. The maximum atomic E-state index is 12.0. The van der Waals surface area contributed by atoms with E-state index in [0.717, 1.165) is 11.5 Å². The van der Waals surface area contributed by atoms with Gasteiger partial charge in [0.15, 0.2) is 0 Å². The Morgan fingerprint density at radius 3 is 3.00 bits per heavy atom. The van der Waals surface area contributed by atoms with Crippen LogP contribution < -0.4 is 5.32 Å². The van der Waals surface area contributed by atoms with Gasteiger partial charge in [-0.3, -0.25) is 9.59 Å². The maximum absolute atomic E-state index is 12.0. The third kappa shape index (κ3) is 2.64. The molecule has 2 amide bonds. The van der Waals surface area contributed by atoms with Crippen LogP contribution in [0.3, 0.4) is 0 Å². The molecule has 0 aliphatic carbocycles. The molecule has 17 heavy (non-hydrogen) atoms. The molecular formula is C11H15N3O3. The van der Waals surface area contributed by atoms with Gasteiger partial charge in [0.2, 0.25) is 11.8 Å². The molecule has 2 rings (SSSR count). The molecule has 2 heterocycles. The molecule has 1 aromatic rings. The summed E-state index contributed by atoms with van der Waals surface area (Å²) in [5.74, 6) is 0.372.